The van der Waals surface area contributed by atoms with Crippen molar-refractivity contribution in [2.75, 3.05) is 33.4 Å². The average molecular weight is 412 g/mol. The number of nitrogens with zero attached hydrogens (tertiary/aromatic N) is 1. The number of ether oxygens (including phenoxy) is 3. The van der Waals surface area contributed by atoms with Crippen molar-refractivity contribution >= 4 is 11.8 Å². The Morgan fingerprint density at radius 3 is 2.33 bits per heavy atom. The monoisotopic (exact) mass is 412 g/mol. The third kappa shape index (κ3) is 6.40. The SMILES string of the molecule is COc1ccccc1OCC(=O)NC1CCN(C(=O)CCOc2ccccc2)CC1. The largest absolute Gasteiger partial charge is 0.493 e. The molecule has 1 aliphatic rings. The van der Waals surface area contributed by atoms with Crippen molar-refractivity contribution in [2.24, 2.45) is 0 Å². The van der Waals surface area contributed by atoms with E-state index in [2.05, 4.69) is 5.32 Å². The van der Waals surface area contributed by atoms with Crippen LogP contribution in [0.1, 0.15) is 19.3 Å². The van der Waals surface area contributed by atoms with Gasteiger partial charge < -0.3 is 24.4 Å². The minimum absolute atomic E-state index is 0.0448. The Labute approximate surface area is 176 Å². The molecule has 0 atom stereocenters. The fourth-order valence-corrected chi connectivity index (χ4v) is 3.35. The van der Waals surface area contributed by atoms with Gasteiger partial charge in [0.25, 0.3) is 5.91 Å². The van der Waals surface area contributed by atoms with Gasteiger partial charge in [0.05, 0.1) is 20.1 Å². The molecule has 0 aromatic heterocycles. The van der Waals surface area contributed by atoms with E-state index in [1.165, 1.54) is 0 Å². The molecule has 160 valence electrons. The molecule has 7 heteroatoms. The first kappa shape index (κ1) is 21.5. The van der Waals surface area contributed by atoms with E-state index >= 15 is 0 Å². The summed E-state index contributed by atoms with van der Waals surface area (Å²) in [7, 11) is 1.56. The van der Waals surface area contributed by atoms with Crippen LogP contribution in [0.3, 0.4) is 0 Å². The Hall–Kier alpha value is -3.22. The maximum absolute atomic E-state index is 12.4. The van der Waals surface area contributed by atoms with E-state index in [4.69, 9.17) is 14.2 Å². The fourth-order valence-electron chi connectivity index (χ4n) is 3.35. The Balaban J connectivity index is 1.33. The maximum atomic E-state index is 12.4. The van der Waals surface area contributed by atoms with Crippen LogP contribution >= 0.6 is 0 Å². The van der Waals surface area contributed by atoms with Gasteiger partial charge in [-0.25, -0.2) is 0 Å². The Bertz CT molecular complexity index is 819. The number of carbonyl (C=O) groups is 2. The van der Waals surface area contributed by atoms with Gasteiger partial charge in [-0.05, 0) is 37.1 Å². The van der Waals surface area contributed by atoms with E-state index in [1.54, 1.807) is 19.2 Å². The van der Waals surface area contributed by atoms with E-state index in [0.717, 1.165) is 18.6 Å². The molecule has 1 aliphatic heterocycles. The predicted molar refractivity (Wildman–Crippen MR) is 113 cm³/mol. The van der Waals surface area contributed by atoms with E-state index in [-0.39, 0.29) is 24.5 Å². The maximum Gasteiger partial charge on any atom is 0.258 e. The summed E-state index contributed by atoms with van der Waals surface area (Å²) >= 11 is 0. The number of amides is 2. The summed E-state index contributed by atoms with van der Waals surface area (Å²) in [6.07, 6.45) is 1.80. The average Bonchev–Trinajstić information content (AvgIpc) is 2.79. The molecule has 7 nitrogen and oxygen atoms in total. The number of benzene rings is 2. The molecule has 2 aromatic rings. The zero-order valence-electron chi connectivity index (χ0n) is 17.2. The van der Waals surface area contributed by atoms with Crippen molar-refractivity contribution in [2.45, 2.75) is 25.3 Å². The molecule has 2 aromatic carbocycles. The molecule has 0 radical (unpaired) electrons. The lowest BCUT2D eigenvalue weighted by atomic mass is 10.0. The molecule has 1 N–H and O–H groups in total. The number of likely N-dealkylation sites (tertiary alicyclic amines) is 1. The smallest absolute Gasteiger partial charge is 0.258 e. The lowest BCUT2D eigenvalue weighted by Gasteiger charge is -2.32. The van der Waals surface area contributed by atoms with Gasteiger partial charge >= 0.3 is 0 Å². The molecule has 3 rings (SSSR count). The fraction of sp³-hybridized carbons (Fsp3) is 0.391. The zero-order valence-corrected chi connectivity index (χ0v) is 17.2. The number of rotatable bonds is 9. The second kappa shape index (κ2) is 11.1. The van der Waals surface area contributed by atoms with Crippen molar-refractivity contribution < 1.29 is 23.8 Å². The van der Waals surface area contributed by atoms with Crippen LogP contribution in [0.15, 0.2) is 54.6 Å². The number of carbonyl (C=O) groups excluding carboxylic acids is 2. The Kier molecular flexibility index (Phi) is 7.94. The summed E-state index contributed by atoms with van der Waals surface area (Å²) in [5, 5.41) is 2.98. The minimum Gasteiger partial charge on any atom is -0.493 e. The molecular weight excluding hydrogens is 384 g/mol. The highest BCUT2D eigenvalue weighted by Gasteiger charge is 2.24. The third-order valence-electron chi connectivity index (χ3n) is 4.97. The molecule has 0 unspecified atom stereocenters. The molecule has 0 spiro atoms. The van der Waals surface area contributed by atoms with Gasteiger partial charge in [0.15, 0.2) is 18.1 Å². The summed E-state index contributed by atoms with van der Waals surface area (Å²) < 4.78 is 16.4. The van der Waals surface area contributed by atoms with Crippen LogP contribution in [-0.2, 0) is 9.59 Å². The lowest BCUT2D eigenvalue weighted by molar-refractivity contribution is -0.133. The predicted octanol–water partition coefficient (Wildman–Crippen LogP) is 2.65. The van der Waals surface area contributed by atoms with Crippen molar-refractivity contribution in [3.8, 4) is 17.2 Å². The highest BCUT2D eigenvalue weighted by molar-refractivity contribution is 5.78. The molecule has 0 saturated carbocycles. The molecule has 0 bridgehead atoms. The second-order valence-electron chi connectivity index (χ2n) is 7.07. The van der Waals surface area contributed by atoms with Gasteiger partial charge in [0, 0.05) is 19.1 Å². The van der Waals surface area contributed by atoms with Gasteiger partial charge in [-0.1, -0.05) is 30.3 Å². The van der Waals surface area contributed by atoms with Crippen LogP contribution in [0.5, 0.6) is 17.2 Å². The number of hydrogen-bond acceptors (Lipinski definition) is 5. The summed E-state index contributed by atoms with van der Waals surface area (Å²) in [6.45, 7) is 1.54. The highest BCUT2D eigenvalue weighted by Crippen LogP contribution is 2.25. The number of methoxy groups -OCH3 is 1. The second-order valence-corrected chi connectivity index (χ2v) is 7.07. The van der Waals surface area contributed by atoms with Crippen LogP contribution in [0.4, 0.5) is 0 Å². The lowest BCUT2D eigenvalue weighted by Crippen LogP contribution is -2.47. The van der Waals surface area contributed by atoms with E-state index in [1.807, 2.05) is 47.4 Å². The molecule has 1 saturated heterocycles. The van der Waals surface area contributed by atoms with Gasteiger partial charge in [-0.15, -0.1) is 0 Å². The van der Waals surface area contributed by atoms with Crippen LogP contribution < -0.4 is 19.5 Å². The van der Waals surface area contributed by atoms with Crippen molar-refractivity contribution in [1.29, 1.82) is 0 Å². The first-order valence-electron chi connectivity index (χ1n) is 10.2. The molecule has 1 fully saturated rings. The standard InChI is InChI=1S/C23H28N2O5/c1-28-20-9-5-6-10-21(20)30-17-22(26)24-18-11-14-25(15-12-18)23(27)13-16-29-19-7-3-2-4-8-19/h2-10,18H,11-17H2,1H3,(H,24,26). The van der Waals surface area contributed by atoms with Crippen LogP contribution in [0.25, 0.3) is 0 Å². The zero-order chi connectivity index (χ0) is 21.2. The van der Waals surface area contributed by atoms with Crippen molar-refractivity contribution in [3.05, 3.63) is 54.6 Å². The number of hydrogen-bond donors (Lipinski definition) is 1. The first-order valence-corrected chi connectivity index (χ1v) is 10.2. The Morgan fingerprint density at radius 1 is 0.967 bits per heavy atom. The van der Waals surface area contributed by atoms with E-state index in [0.29, 0.717) is 37.6 Å². The van der Waals surface area contributed by atoms with Gasteiger partial charge in [0.1, 0.15) is 5.75 Å². The summed E-state index contributed by atoms with van der Waals surface area (Å²) in [5.74, 6) is 1.79. The highest BCUT2D eigenvalue weighted by atomic mass is 16.5. The van der Waals surface area contributed by atoms with Crippen LogP contribution in [0, 0.1) is 0 Å². The van der Waals surface area contributed by atoms with Gasteiger partial charge in [-0.3, -0.25) is 9.59 Å². The van der Waals surface area contributed by atoms with Gasteiger partial charge in [0.2, 0.25) is 5.91 Å². The first-order chi connectivity index (χ1) is 14.7. The Morgan fingerprint density at radius 2 is 1.63 bits per heavy atom. The molecular formula is C23H28N2O5. The molecule has 2 amide bonds. The van der Waals surface area contributed by atoms with Crippen LogP contribution in [0.2, 0.25) is 0 Å². The van der Waals surface area contributed by atoms with E-state index < -0.39 is 0 Å². The third-order valence-corrected chi connectivity index (χ3v) is 4.97. The van der Waals surface area contributed by atoms with Crippen LogP contribution in [-0.4, -0.2) is 56.2 Å². The molecule has 30 heavy (non-hydrogen) atoms. The summed E-state index contributed by atoms with van der Waals surface area (Å²) in [5.41, 5.74) is 0. The van der Waals surface area contributed by atoms with E-state index in [9.17, 15) is 9.59 Å². The van der Waals surface area contributed by atoms with Crippen molar-refractivity contribution in [1.82, 2.24) is 10.2 Å². The van der Waals surface area contributed by atoms with Gasteiger partial charge in [-0.2, -0.15) is 0 Å². The summed E-state index contributed by atoms with van der Waals surface area (Å²) in [4.78, 5) is 26.4. The summed E-state index contributed by atoms with van der Waals surface area (Å²) in [6, 6.07) is 16.7. The molecule has 0 aliphatic carbocycles. The topological polar surface area (TPSA) is 77.1 Å². The van der Waals surface area contributed by atoms with Crippen molar-refractivity contribution in [3.63, 3.8) is 0 Å². The number of nitrogens with one attached hydrogen (secondary N) is 1. The number of para-hydroxylation sites is 3. The minimum atomic E-state index is -0.179. The normalized spacial score (nSPS) is 14.1. The molecule has 1 heterocycles. The quantitative estimate of drug-likeness (QED) is 0.685. The number of piperidine rings is 1.